The molecule has 1 aromatic rings. The molecule has 0 spiro atoms. The van der Waals surface area contributed by atoms with E-state index in [0.29, 0.717) is 5.30 Å². The van der Waals surface area contributed by atoms with Crippen LogP contribution in [0, 0.1) is 17.5 Å². The summed E-state index contributed by atoms with van der Waals surface area (Å²) in [5.74, 6) is 2.83. The Morgan fingerprint density at radius 1 is 1.29 bits per heavy atom. The highest BCUT2D eigenvalue weighted by Gasteiger charge is 2.16. The van der Waals surface area contributed by atoms with E-state index in [1.165, 1.54) is 0 Å². The van der Waals surface area contributed by atoms with E-state index in [-0.39, 0.29) is 5.92 Å². The third-order valence-electron chi connectivity index (χ3n) is 1.61. The molecule has 0 aliphatic carbocycles. The van der Waals surface area contributed by atoms with Gasteiger partial charge in [-0.3, -0.25) is 4.57 Å². The van der Waals surface area contributed by atoms with Crippen molar-refractivity contribution in [3.05, 3.63) is 30.3 Å². The fourth-order valence-electron chi connectivity index (χ4n) is 0.911. The van der Waals surface area contributed by atoms with Gasteiger partial charge in [0.15, 0.2) is 0 Å². The fourth-order valence-corrected chi connectivity index (χ4v) is 2.05. The summed E-state index contributed by atoms with van der Waals surface area (Å²) >= 11 is 0. The van der Waals surface area contributed by atoms with Crippen molar-refractivity contribution in [2.75, 3.05) is 0 Å². The molecule has 1 unspecified atom stereocenters. The Kier molecular flexibility index (Phi) is 3.52. The molecule has 0 radical (unpaired) electrons. The quantitative estimate of drug-likeness (QED) is 0.567. The van der Waals surface area contributed by atoms with Crippen LogP contribution in [-0.4, -0.2) is 4.89 Å². The van der Waals surface area contributed by atoms with Gasteiger partial charge >= 0.3 is 7.37 Å². The van der Waals surface area contributed by atoms with E-state index < -0.39 is 7.37 Å². The average molecular weight is 208 g/mol. The second kappa shape index (κ2) is 4.46. The molecule has 2 nitrogen and oxygen atoms in total. The molecule has 0 saturated heterocycles. The van der Waals surface area contributed by atoms with Crippen LogP contribution in [0.15, 0.2) is 30.3 Å². The van der Waals surface area contributed by atoms with Crippen LogP contribution in [0.3, 0.4) is 0 Å². The molecule has 0 saturated carbocycles. The van der Waals surface area contributed by atoms with Gasteiger partial charge in [0, 0.05) is 11.2 Å². The van der Waals surface area contributed by atoms with Crippen LogP contribution < -0.4 is 5.30 Å². The summed E-state index contributed by atoms with van der Waals surface area (Å²) in [5, 5.41) is 0.396. The lowest BCUT2D eigenvalue weighted by atomic mass is 10.2. The van der Waals surface area contributed by atoms with Crippen molar-refractivity contribution in [2.45, 2.75) is 13.8 Å². The zero-order chi connectivity index (χ0) is 10.6. The molecular formula is C11H13O2P. The fraction of sp³-hybridized carbons (Fsp3) is 0.273. The van der Waals surface area contributed by atoms with Gasteiger partial charge in [-0.15, -0.1) is 0 Å². The SMILES string of the molecule is CC(C)C#CP(=O)(O)c1ccccc1. The summed E-state index contributed by atoms with van der Waals surface area (Å²) in [6.45, 7) is 3.77. The summed E-state index contributed by atoms with van der Waals surface area (Å²) in [6, 6.07) is 8.51. The minimum absolute atomic E-state index is 0.110. The van der Waals surface area contributed by atoms with Crippen molar-refractivity contribution < 1.29 is 9.46 Å². The van der Waals surface area contributed by atoms with Crippen LogP contribution in [0.25, 0.3) is 0 Å². The molecule has 0 heterocycles. The Hall–Kier alpha value is -1.03. The highest BCUT2D eigenvalue weighted by Crippen LogP contribution is 2.37. The number of benzene rings is 1. The van der Waals surface area contributed by atoms with Gasteiger partial charge < -0.3 is 4.89 Å². The second-order valence-electron chi connectivity index (χ2n) is 3.32. The lowest BCUT2D eigenvalue weighted by Gasteiger charge is -2.03. The highest BCUT2D eigenvalue weighted by atomic mass is 31.2. The van der Waals surface area contributed by atoms with Crippen LogP contribution in [0.5, 0.6) is 0 Å². The van der Waals surface area contributed by atoms with Crippen LogP contribution in [0.1, 0.15) is 13.8 Å². The number of hydrogen-bond donors (Lipinski definition) is 1. The van der Waals surface area contributed by atoms with Gasteiger partial charge in [-0.05, 0) is 17.8 Å². The Bertz CT molecular complexity index is 398. The first kappa shape index (κ1) is 11.0. The minimum atomic E-state index is -3.46. The van der Waals surface area contributed by atoms with Crippen molar-refractivity contribution in [2.24, 2.45) is 5.92 Å². The van der Waals surface area contributed by atoms with Gasteiger partial charge in [-0.1, -0.05) is 38.0 Å². The molecule has 74 valence electrons. The molecule has 1 aromatic carbocycles. The van der Waals surface area contributed by atoms with E-state index >= 15 is 0 Å². The zero-order valence-electron chi connectivity index (χ0n) is 8.27. The third-order valence-corrected chi connectivity index (χ3v) is 3.04. The summed E-state index contributed by atoms with van der Waals surface area (Å²) in [5.41, 5.74) is 2.44. The third kappa shape index (κ3) is 3.03. The maximum atomic E-state index is 11.7. The molecule has 0 bridgehead atoms. The van der Waals surface area contributed by atoms with Crippen LogP contribution in [0.4, 0.5) is 0 Å². The maximum Gasteiger partial charge on any atom is 0.300 e. The number of hydrogen-bond acceptors (Lipinski definition) is 1. The second-order valence-corrected chi connectivity index (χ2v) is 5.21. The van der Waals surface area contributed by atoms with Gasteiger partial charge in [-0.25, -0.2) is 0 Å². The Labute approximate surface area is 84.4 Å². The van der Waals surface area contributed by atoms with Gasteiger partial charge in [0.1, 0.15) is 0 Å². The molecule has 0 aliphatic rings. The topological polar surface area (TPSA) is 37.3 Å². The standard InChI is InChI=1S/C11H13O2P/c1-10(2)8-9-14(12,13)11-6-4-3-5-7-11/h3-7,10H,1-2H3,(H,12,13). The predicted octanol–water partition coefficient (Wildman–Crippen LogP) is 2.20. The van der Waals surface area contributed by atoms with E-state index in [9.17, 15) is 9.46 Å². The van der Waals surface area contributed by atoms with Crippen molar-refractivity contribution in [3.63, 3.8) is 0 Å². The minimum Gasteiger partial charge on any atom is -0.332 e. The van der Waals surface area contributed by atoms with Crippen LogP contribution in [0.2, 0.25) is 0 Å². The van der Waals surface area contributed by atoms with E-state index in [0.717, 1.165) is 0 Å². The van der Waals surface area contributed by atoms with Gasteiger partial charge in [0.2, 0.25) is 0 Å². The summed E-state index contributed by atoms with van der Waals surface area (Å²) in [4.78, 5) is 9.62. The largest absolute Gasteiger partial charge is 0.332 e. The van der Waals surface area contributed by atoms with E-state index in [1.54, 1.807) is 30.3 Å². The van der Waals surface area contributed by atoms with Crippen LogP contribution in [-0.2, 0) is 4.57 Å². The first-order valence-corrected chi connectivity index (χ1v) is 6.09. The molecule has 1 N–H and O–H groups in total. The van der Waals surface area contributed by atoms with Crippen molar-refractivity contribution in [1.29, 1.82) is 0 Å². The smallest absolute Gasteiger partial charge is 0.300 e. The zero-order valence-corrected chi connectivity index (χ0v) is 9.16. The van der Waals surface area contributed by atoms with Gasteiger partial charge in [-0.2, -0.15) is 0 Å². The molecule has 0 aromatic heterocycles. The van der Waals surface area contributed by atoms with Crippen molar-refractivity contribution in [3.8, 4) is 11.6 Å². The Balaban J connectivity index is 3.00. The lowest BCUT2D eigenvalue weighted by Crippen LogP contribution is -2.01. The molecule has 14 heavy (non-hydrogen) atoms. The molecular weight excluding hydrogens is 195 g/mol. The summed E-state index contributed by atoms with van der Waals surface area (Å²) in [6.07, 6.45) is 0. The molecule has 0 aliphatic heterocycles. The normalized spacial score (nSPS) is 14.3. The van der Waals surface area contributed by atoms with Crippen molar-refractivity contribution >= 4 is 12.7 Å². The Morgan fingerprint density at radius 2 is 1.86 bits per heavy atom. The summed E-state index contributed by atoms with van der Waals surface area (Å²) < 4.78 is 11.7. The van der Waals surface area contributed by atoms with E-state index in [1.807, 2.05) is 13.8 Å². The molecule has 1 rings (SSSR count). The molecule has 0 amide bonds. The predicted molar refractivity (Wildman–Crippen MR) is 58.5 cm³/mol. The van der Waals surface area contributed by atoms with E-state index in [2.05, 4.69) is 11.6 Å². The molecule has 1 atom stereocenters. The van der Waals surface area contributed by atoms with Crippen LogP contribution >= 0.6 is 7.37 Å². The average Bonchev–Trinajstić information content (AvgIpc) is 2.16. The first-order valence-electron chi connectivity index (χ1n) is 4.43. The lowest BCUT2D eigenvalue weighted by molar-refractivity contribution is 0.502. The molecule has 3 heteroatoms. The van der Waals surface area contributed by atoms with Gasteiger partial charge in [0.05, 0.1) is 0 Å². The molecule has 0 fully saturated rings. The van der Waals surface area contributed by atoms with E-state index in [4.69, 9.17) is 0 Å². The summed E-state index contributed by atoms with van der Waals surface area (Å²) in [7, 11) is -3.46. The first-order chi connectivity index (χ1) is 6.52. The Morgan fingerprint density at radius 3 is 2.36 bits per heavy atom. The highest BCUT2D eigenvalue weighted by molar-refractivity contribution is 7.71. The van der Waals surface area contributed by atoms with Gasteiger partial charge in [0.25, 0.3) is 0 Å². The monoisotopic (exact) mass is 208 g/mol. The number of rotatable bonds is 1. The van der Waals surface area contributed by atoms with Crippen molar-refractivity contribution in [1.82, 2.24) is 0 Å². The maximum absolute atomic E-state index is 11.7.